The lowest BCUT2D eigenvalue weighted by Crippen LogP contribution is -2.46. The number of aliphatic carboxylic acids is 1. The summed E-state index contributed by atoms with van der Waals surface area (Å²) in [5, 5.41) is 8.65. The molecule has 2 unspecified atom stereocenters. The molecule has 0 aliphatic carbocycles. The molecule has 0 aromatic heterocycles. The van der Waals surface area contributed by atoms with Gasteiger partial charge >= 0.3 is 5.97 Å². The van der Waals surface area contributed by atoms with Gasteiger partial charge in [0.2, 0.25) is 5.91 Å². The SMILES string of the molecule is CC1CN(C(=O)CCC(=O)O)CC(c2ccccc2)O1. The number of hydrogen-bond donors (Lipinski definition) is 1. The predicted molar refractivity (Wildman–Crippen MR) is 73.2 cm³/mol. The Hall–Kier alpha value is -1.88. The summed E-state index contributed by atoms with van der Waals surface area (Å²) in [6.07, 6.45) is -0.277. The van der Waals surface area contributed by atoms with Gasteiger partial charge < -0.3 is 14.7 Å². The number of morpholine rings is 1. The Labute approximate surface area is 118 Å². The van der Waals surface area contributed by atoms with E-state index in [0.29, 0.717) is 13.1 Å². The van der Waals surface area contributed by atoms with Crippen molar-refractivity contribution >= 4 is 11.9 Å². The number of benzene rings is 1. The van der Waals surface area contributed by atoms with Gasteiger partial charge in [-0.05, 0) is 12.5 Å². The number of ether oxygens (including phenoxy) is 1. The van der Waals surface area contributed by atoms with Gasteiger partial charge in [0, 0.05) is 13.0 Å². The molecule has 1 N–H and O–H groups in total. The molecule has 1 aliphatic heterocycles. The van der Waals surface area contributed by atoms with E-state index in [2.05, 4.69) is 0 Å². The van der Waals surface area contributed by atoms with Crippen molar-refractivity contribution in [1.29, 1.82) is 0 Å². The first-order chi connectivity index (χ1) is 9.56. The van der Waals surface area contributed by atoms with Crippen molar-refractivity contribution in [1.82, 2.24) is 4.90 Å². The molecule has 1 saturated heterocycles. The smallest absolute Gasteiger partial charge is 0.303 e. The zero-order chi connectivity index (χ0) is 14.5. The largest absolute Gasteiger partial charge is 0.481 e. The number of hydrogen-bond acceptors (Lipinski definition) is 3. The Balaban J connectivity index is 2.01. The molecule has 0 saturated carbocycles. The van der Waals surface area contributed by atoms with E-state index in [9.17, 15) is 9.59 Å². The number of carbonyl (C=O) groups is 2. The van der Waals surface area contributed by atoms with Crippen molar-refractivity contribution in [3.8, 4) is 0 Å². The van der Waals surface area contributed by atoms with E-state index in [0.717, 1.165) is 5.56 Å². The Morgan fingerprint density at radius 3 is 2.60 bits per heavy atom. The maximum absolute atomic E-state index is 12.0. The van der Waals surface area contributed by atoms with Crippen LogP contribution in [0.3, 0.4) is 0 Å². The quantitative estimate of drug-likeness (QED) is 0.912. The van der Waals surface area contributed by atoms with Crippen LogP contribution >= 0.6 is 0 Å². The minimum Gasteiger partial charge on any atom is -0.481 e. The Bertz CT molecular complexity index is 474. The molecule has 20 heavy (non-hydrogen) atoms. The van der Waals surface area contributed by atoms with E-state index in [1.165, 1.54) is 0 Å². The summed E-state index contributed by atoms with van der Waals surface area (Å²) < 4.78 is 5.87. The third kappa shape index (κ3) is 3.81. The highest BCUT2D eigenvalue weighted by Gasteiger charge is 2.29. The average Bonchev–Trinajstić information content (AvgIpc) is 2.45. The van der Waals surface area contributed by atoms with E-state index in [1.54, 1.807) is 4.90 Å². The summed E-state index contributed by atoms with van der Waals surface area (Å²) in [4.78, 5) is 24.3. The minimum absolute atomic E-state index is 0.0452. The highest BCUT2D eigenvalue weighted by Crippen LogP contribution is 2.25. The molecule has 1 heterocycles. The number of carbonyl (C=O) groups excluding carboxylic acids is 1. The van der Waals surface area contributed by atoms with Gasteiger partial charge in [-0.3, -0.25) is 9.59 Å². The summed E-state index contributed by atoms with van der Waals surface area (Å²) in [7, 11) is 0. The molecule has 5 heteroatoms. The summed E-state index contributed by atoms with van der Waals surface area (Å²) in [5.74, 6) is -1.07. The van der Waals surface area contributed by atoms with E-state index in [4.69, 9.17) is 9.84 Å². The van der Waals surface area contributed by atoms with Gasteiger partial charge in [-0.25, -0.2) is 0 Å². The van der Waals surface area contributed by atoms with Crippen molar-refractivity contribution in [2.75, 3.05) is 13.1 Å². The van der Waals surface area contributed by atoms with Gasteiger partial charge in [0.25, 0.3) is 0 Å². The summed E-state index contributed by atoms with van der Waals surface area (Å²) in [5.41, 5.74) is 1.04. The van der Waals surface area contributed by atoms with Gasteiger partial charge in [0.05, 0.1) is 19.1 Å². The topological polar surface area (TPSA) is 66.8 Å². The summed E-state index contributed by atoms with van der Waals surface area (Å²) in [6, 6.07) is 9.76. The molecule has 2 atom stereocenters. The number of nitrogens with zero attached hydrogens (tertiary/aromatic N) is 1. The summed E-state index contributed by atoms with van der Waals surface area (Å²) >= 11 is 0. The van der Waals surface area contributed by atoms with Crippen molar-refractivity contribution < 1.29 is 19.4 Å². The molecule has 108 valence electrons. The molecular formula is C15H19NO4. The first kappa shape index (κ1) is 14.5. The van der Waals surface area contributed by atoms with Crippen LogP contribution in [0.4, 0.5) is 0 Å². The standard InChI is InChI=1S/C15H19NO4/c1-11-9-16(14(17)7-8-15(18)19)10-13(20-11)12-5-3-2-4-6-12/h2-6,11,13H,7-10H2,1H3,(H,18,19). The zero-order valence-electron chi connectivity index (χ0n) is 11.5. The van der Waals surface area contributed by atoms with Gasteiger partial charge in [-0.15, -0.1) is 0 Å². The van der Waals surface area contributed by atoms with Crippen LogP contribution < -0.4 is 0 Å². The molecule has 1 aromatic carbocycles. The highest BCUT2D eigenvalue weighted by molar-refractivity contribution is 5.80. The lowest BCUT2D eigenvalue weighted by atomic mass is 10.1. The van der Waals surface area contributed by atoms with Crippen LogP contribution in [0.2, 0.25) is 0 Å². The van der Waals surface area contributed by atoms with Crippen LogP contribution in [0.25, 0.3) is 0 Å². The van der Waals surface area contributed by atoms with Crippen molar-refractivity contribution in [2.24, 2.45) is 0 Å². The Kier molecular flexibility index (Phi) is 4.74. The van der Waals surface area contributed by atoms with Crippen LogP contribution in [0.1, 0.15) is 31.4 Å². The van der Waals surface area contributed by atoms with Crippen LogP contribution in [0, 0.1) is 0 Å². The van der Waals surface area contributed by atoms with E-state index < -0.39 is 5.97 Å². The number of carboxylic acid groups (broad SMARTS) is 1. The molecule has 0 bridgehead atoms. The van der Waals surface area contributed by atoms with Crippen LogP contribution in [0.5, 0.6) is 0 Å². The molecule has 5 nitrogen and oxygen atoms in total. The maximum atomic E-state index is 12.0. The molecular weight excluding hydrogens is 258 g/mol. The third-order valence-corrected chi connectivity index (χ3v) is 3.34. The van der Waals surface area contributed by atoms with Crippen LogP contribution in [-0.2, 0) is 14.3 Å². The lowest BCUT2D eigenvalue weighted by molar-refractivity contribution is -0.148. The first-order valence-electron chi connectivity index (χ1n) is 6.76. The zero-order valence-corrected chi connectivity index (χ0v) is 11.5. The van der Waals surface area contributed by atoms with E-state index in [-0.39, 0.29) is 31.0 Å². The van der Waals surface area contributed by atoms with Gasteiger partial charge in [0.1, 0.15) is 6.10 Å². The normalized spacial score (nSPS) is 22.6. The van der Waals surface area contributed by atoms with Crippen LogP contribution in [0.15, 0.2) is 30.3 Å². The van der Waals surface area contributed by atoms with Gasteiger partial charge in [0.15, 0.2) is 0 Å². The summed E-state index contributed by atoms with van der Waals surface area (Å²) in [6.45, 7) is 2.92. The third-order valence-electron chi connectivity index (χ3n) is 3.34. The molecule has 0 spiro atoms. The second-order valence-electron chi connectivity index (χ2n) is 5.04. The van der Waals surface area contributed by atoms with Gasteiger partial charge in [-0.1, -0.05) is 30.3 Å². The van der Waals surface area contributed by atoms with Crippen LogP contribution in [-0.4, -0.2) is 41.1 Å². The predicted octanol–water partition coefficient (Wildman–Crippen LogP) is 1.84. The molecule has 1 amide bonds. The average molecular weight is 277 g/mol. The second kappa shape index (κ2) is 6.52. The molecule has 2 rings (SSSR count). The molecule has 1 fully saturated rings. The first-order valence-corrected chi connectivity index (χ1v) is 6.76. The van der Waals surface area contributed by atoms with E-state index in [1.807, 2.05) is 37.3 Å². The fourth-order valence-electron chi connectivity index (χ4n) is 2.38. The molecule has 1 aromatic rings. The monoisotopic (exact) mass is 277 g/mol. The maximum Gasteiger partial charge on any atom is 0.303 e. The molecule has 0 radical (unpaired) electrons. The van der Waals surface area contributed by atoms with Crippen molar-refractivity contribution in [3.63, 3.8) is 0 Å². The minimum atomic E-state index is -0.945. The number of rotatable bonds is 4. The van der Waals surface area contributed by atoms with Crippen molar-refractivity contribution in [2.45, 2.75) is 32.0 Å². The second-order valence-corrected chi connectivity index (χ2v) is 5.04. The number of amides is 1. The highest BCUT2D eigenvalue weighted by atomic mass is 16.5. The Morgan fingerprint density at radius 1 is 1.25 bits per heavy atom. The molecule has 1 aliphatic rings. The Morgan fingerprint density at radius 2 is 1.95 bits per heavy atom. The fraction of sp³-hybridized carbons (Fsp3) is 0.467. The van der Waals surface area contributed by atoms with Crippen molar-refractivity contribution in [3.05, 3.63) is 35.9 Å². The fourth-order valence-corrected chi connectivity index (χ4v) is 2.38. The van der Waals surface area contributed by atoms with E-state index >= 15 is 0 Å². The van der Waals surface area contributed by atoms with Gasteiger partial charge in [-0.2, -0.15) is 0 Å². The number of carboxylic acids is 1. The lowest BCUT2D eigenvalue weighted by Gasteiger charge is -2.37.